The summed E-state index contributed by atoms with van der Waals surface area (Å²) in [6, 6.07) is 13.3. The summed E-state index contributed by atoms with van der Waals surface area (Å²) in [7, 11) is 1.60. The summed E-state index contributed by atoms with van der Waals surface area (Å²) in [5.74, 6) is -0.119. The van der Waals surface area contributed by atoms with Gasteiger partial charge in [-0.2, -0.15) is 0 Å². The average molecular weight is 421 g/mol. The largest absolute Gasteiger partial charge is 0.497 e. The van der Waals surface area contributed by atoms with Crippen LogP contribution in [0.25, 0.3) is 0 Å². The second kappa shape index (κ2) is 10.5. The van der Waals surface area contributed by atoms with Crippen molar-refractivity contribution in [1.29, 1.82) is 0 Å². The van der Waals surface area contributed by atoms with Crippen LogP contribution < -0.4 is 26.2 Å². The molecule has 28 heavy (non-hydrogen) atoms. The lowest BCUT2D eigenvalue weighted by Crippen LogP contribution is -2.53. The van der Waals surface area contributed by atoms with Crippen LogP contribution in [-0.2, 0) is 11.3 Å². The molecule has 0 heterocycles. The maximum Gasteiger partial charge on any atom is 0.260 e. The molecular formula is C19H21ClN4O3S. The minimum Gasteiger partial charge on any atom is -0.497 e. The molecule has 148 valence electrons. The van der Waals surface area contributed by atoms with Crippen LogP contribution in [0.15, 0.2) is 48.5 Å². The Kier molecular flexibility index (Phi) is 8.03. The van der Waals surface area contributed by atoms with E-state index in [0.29, 0.717) is 17.1 Å². The number of ether oxygens (including phenoxy) is 1. The molecule has 1 atom stereocenters. The number of halogens is 1. The van der Waals surface area contributed by atoms with Gasteiger partial charge in [0.2, 0.25) is 0 Å². The van der Waals surface area contributed by atoms with Crippen LogP contribution in [0.4, 0.5) is 0 Å². The molecule has 2 amide bonds. The number of carbonyl (C=O) groups excluding carboxylic acids is 2. The Labute approximate surface area is 173 Å². The number of nitrogens with one attached hydrogen (secondary N) is 4. The molecule has 2 rings (SSSR count). The Bertz CT molecular complexity index is 845. The summed E-state index contributed by atoms with van der Waals surface area (Å²) >= 11 is 11.1. The van der Waals surface area contributed by atoms with Crippen molar-refractivity contribution in [3.8, 4) is 5.75 Å². The van der Waals surface area contributed by atoms with Gasteiger partial charge in [0, 0.05) is 6.54 Å². The van der Waals surface area contributed by atoms with Crippen LogP contribution in [0, 0.1) is 0 Å². The number of hydrazine groups is 1. The highest BCUT2D eigenvalue weighted by molar-refractivity contribution is 7.80. The van der Waals surface area contributed by atoms with Gasteiger partial charge in [0.1, 0.15) is 11.8 Å². The number of methoxy groups -OCH3 is 1. The van der Waals surface area contributed by atoms with Crippen molar-refractivity contribution in [3.63, 3.8) is 0 Å². The minimum absolute atomic E-state index is 0.244. The molecule has 2 aromatic carbocycles. The molecule has 9 heteroatoms. The third-order valence-corrected chi connectivity index (χ3v) is 4.35. The van der Waals surface area contributed by atoms with Crippen LogP contribution in [0.2, 0.25) is 5.02 Å². The van der Waals surface area contributed by atoms with E-state index in [1.54, 1.807) is 38.3 Å². The van der Waals surface area contributed by atoms with Crippen molar-refractivity contribution in [2.24, 2.45) is 0 Å². The molecule has 0 saturated carbocycles. The minimum atomic E-state index is -0.791. The molecule has 7 nitrogen and oxygen atoms in total. The van der Waals surface area contributed by atoms with Crippen molar-refractivity contribution >= 4 is 40.7 Å². The number of rotatable bonds is 6. The summed E-state index contributed by atoms with van der Waals surface area (Å²) in [6.45, 7) is 2.03. The number of hydrogen-bond donors (Lipinski definition) is 4. The topological polar surface area (TPSA) is 91.5 Å². The second-order valence-electron chi connectivity index (χ2n) is 5.82. The molecule has 4 N–H and O–H groups in total. The molecule has 0 unspecified atom stereocenters. The highest BCUT2D eigenvalue weighted by atomic mass is 35.5. The van der Waals surface area contributed by atoms with Crippen molar-refractivity contribution < 1.29 is 14.3 Å². The van der Waals surface area contributed by atoms with Crippen LogP contribution in [0.1, 0.15) is 22.8 Å². The predicted octanol–water partition coefficient (Wildman–Crippen LogP) is 2.16. The first-order chi connectivity index (χ1) is 13.4. The van der Waals surface area contributed by atoms with Gasteiger partial charge in [0.05, 0.1) is 17.7 Å². The van der Waals surface area contributed by atoms with Crippen molar-refractivity contribution in [3.05, 3.63) is 64.7 Å². The van der Waals surface area contributed by atoms with Gasteiger partial charge in [0.25, 0.3) is 11.8 Å². The number of benzene rings is 2. The quantitative estimate of drug-likeness (QED) is 0.423. The van der Waals surface area contributed by atoms with E-state index in [2.05, 4.69) is 21.5 Å². The van der Waals surface area contributed by atoms with Gasteiger partial charge in [-0.3, -0.25) is 20.4 Å². The summed E-state index contributed by atoms with van der Waals surface area (Å²) in [5.41, 5.74) is 6.34. The van der Waals surface area contributed by atoms with Gasteiger partial charge in [-0.1, -0.05) is 35.9 Å². The SMILES string of the molecule is COc1ccc(CNC(=S)NNC(=O)[C@H](C)NC(=O)c2ccccc2Cl)cc1. The zero-order valence-electron chi connectivity index (χ0n) is 15.4. The molecule has 0 spiro atoms. The molecule has 0 aliphatic carbocycles. The molecule has 2 aromatic rings. The first kappa shape index (κ1) is 21.5. The summed E-state index contributed by atoms with van der Waals surface area (Å²) in [5, 5.41) is 6.10. The fraction of sp³-hybridized carbons (Fsp3) is 0.211. The van der Waals surface area contributed by atoms with Crippen molar-refractivity contribution in [1.82, 2.24) is 21.5 Å². The van der Waals surface area contributed by atoms with E-state index in [9.17, 15) is 9.59 Å². The fourth-order valence-corrected chi connectivity index (χ4v) is 2.53. The molecule has 0 fully saturated rings. The highest BCUT2D eigenvalue weighted by Gasteiger charge is 2.18. The van der Waals surface area contributed by atoms with E-state index >= 15 is 0 Å². The Morgan fingerprint density at radius 3 is 2.43 bits per heavy atom. The molecule has 0 saturated heterocycles. The monoisotopic (exact) mass is 420 g/mol. The van der Waals surface area contributed by atoms with E-state index in [4.69, 9.17) is 28.6 Å². The predicted molar refractivity (Wildman–Crippen MR) is 112 cm³/mol. The van der Waals surface area contributed by atoms with Crippen LogP contribution in [-0.4, -0.2) is 30.1 Å². The Hall–Kier alpha value is -2.84. The average Bonchev–Trinajstić information content (AvgIpc) is 2.70. The van der Waals surface area contributed by atoms with E-state index in [-0.39, 0.29) is 5.11 Å². The van der Waals surface area contributed by atoms with E-state index < -0.39 is 17.9 Å². The highest BCUT2D eigenvalue weighted by Crippen LogP contribution is 2.14. The van der Waals surface area contributed by atoms with Crippen LogP contribution in [0.3, 0.4) is 0 Å². The van der Waals surface area contributed by atoms with Gasteiger partial charge in [-0.15, -0.1) is 0 Å². The first-order valence-electron chi connectivity index (χ1n) is 8.42. The summed E-state index contributed by atoms with van der Waals surface area (Å²) in [4.78, 5) is 24.3. The Morgan fingerprint density at radius 1 is 1.11 bits per heavy atom. The number of carbonyl (C=O) groups is 2. The smallest absolute Gasteiger partial charge is 0.260 e. The molecular weight excluding hydrogens is 400 g/mol. The lowest BCUT2D eigenvalue weighted by Gasteiger charge is -2.16. The standard InChI is InChI=1S/C19H21ClN4O3S/c1-12(22-18(26)15-5-3-4-6-16(15)20)17(25)23-24-19(28)21-11-13-7-9-14(27-2)10-8-13/h3-10,12H,11H2,1-2H3,(H,22,26)(H,23,25)(H2,21,24,28)/t12-/m0/s1. The maximum absolute atomic E-state index is 12.2. The van der Waals surface area contributed by atoms with E-state index in [1.165, 1.54) is 0 Å². The summed E-state index contributed by atoms with van der Waals surface area (Å²) in [6.07, 6.45) is 0. The first-order valence-corrected chi connectivity index (χ1v) is 9.21. The lowest BCUT2D eigenvalue weighted by molar-refractivity contribution is -0.123. The second-order valence-corrected chi connectivity index (χ2v) is 6.64. The van der Waals surface area contributed by atoms with Crippen molar-refractivity contribution in [2.75, 3.05) is 7.11 Å². The zero-order chi connectivity index (χ0) is 20.5. The molecule has 0 radical (unpaired) electrons. The van der Waals surface area contributed by atoms with Gasteiger partial charge >= 0.3 is 0 Å². The normalized spacial score (nSPS) is 11.1. The zero-order valence-corrected chi connectivity index (χ0v) is 17.0. The Morgan fingerprint density at radius 2 is 1.79 bits per heavy atom. The van der Waals surface area contributed by atoms with Crippen molar-refractivity contribution in [2.45, 2.75) is 19.5 Å². The van der Waals surface area contributed by atoms with Gasteiger partial charge in [0.15, 0.2) is 5.11 Å². The number of hydrogen-bond acceptors (Lipinski definition) is 4. The maximum atomic E-state index is 12.2. The molecule has 0 aliphatic heterocycles. The van der Waals surface area contributed by atoms with Gasteiger partial charge < -0.3 is 15.4 Å². The third-order valence-electron chi connectivity index (χ3n) is 3.77. The fourth-order valence-electron chi connectivity index (χ4n) is 2.18. The van der Waals surface area contributed by atoms with Crippen LogP contribution in [0.5, 0.6) is 5.75 Å². The van der Waals surface area contributed by atoms with Crippen LogP contribution >= 0.6 is 23.8 Å². The van der Waals surface area contributed by atoms with E-state index in [1.807, 2.05) is 24.3 Å². The van der Waals surface area contributed by atoms with Gasteiger partial charge in [-0.25, -0.2) is 0 Å². The third kappa shape index (κ3) is 6.40. The molecule has 0 aromatic heterocycles. The summed E-state index contributed by atoms with van der Waals surface area (Å²) < 4.78 is 5.10. The number of thiocarbonyl (C=S) groups is 1. The Balaban J connectivity index is 1.75. The van der Waals surface area contributed by atoms with E-state index in [0.717, 1.165) is 11.3 Å². The van der Waals surface area contributed by atoms with Gasteiger partial charge in [-0.05, 0) is 49.0 Å². The lowest BCUT2D eigenvalue weighted by atomic mass is 10.2. The molecule has 0 bridgehead atoms. The molecule has 0 aliphatic rings. The number of amides is 2.